The van der Waals surface area contributed by atoms with Crippen LogP contribution in [0.1, 0.15) is 30.6 Å². The van der Waals surface area contributed by atoms with Gasteiger partial charge >= 0.3 is 0 Å². The Morgan fingerprint density at radius 2 is 2.17 bits per heavy atom. The van der Waals surface area contributed by atoms with Crippen LogP contribution in [-0.2, 0) is 0 Å². The van der Waals surface area contributed by atoms with Crippen LogP contribution in [0.3, 0.4) is 0 Å². The molecule has 100 valence electrons. The molecule has 0 spiro atoms. The molecule has 4 heteroatoms. The highest BCUT2D eigenvalue weighted by Gasteiger charge is 2.14. The molecule has 1 aromatic rings. The fourth-order valence-electron chi connectivity index (χ4n) is 1.63. The van der Waals surface area contributed by atoms with Gasteiger partial charge in [0.15, 0.2) is 17.3 Å². The fourth-order valence-corrected chi connectivity index (χ4v) is 1.63. The maximum Gasteiger partial charge on any atom is 0.176 e. The first-order valence-electron chi connectivity index (χ1n) is 6.06. The lowest BCUT2D eigenvalue weighted by molar-refractivity contribution is 0.0923. The molecule has 1 aromatic carbocycles. The number of likely N-dealkylation sites (N-methyl/N-ethyl adjacent to an activating group) is 1. The molecule has 0 aliphatic rings. The zero-order chi connectivity index (χ0) is 13.7. The summed E-state index contributed by atoms with van der Waals surface area (Å²) in [5.74, 6) is -0.435. The van der Waals surface area contributed by atoms with Crippen molar-refractivity contribution < 1.29 is 13.9 Å². The lowest BCUT2D eigenvalue weighted by Crippen LogP contribution is -2.33. The first-order chi connectivity index (χ1) is 8.49. The van der Waals surface area contributed by atoms with Crippen LogP contribution in [-0.4, -0.2) is 37.4 Å². The Bertz CT molecular complexity index is 420. The SMILES string of the molecule is CCC(C)N(C)CC(=O)c1ccc(OC)c(F)c1. The summed E-state index contributed by atoms with van der Waals surface area (Å²) >= 11 is 0. The number of halogens is 1. The van der Waals surface area contributed by atoms with Gasteiger partial charge in [0, 0.05) is 11.6 Å². The van der Waals surface area contributed by atoms with Crippen LogP contribution >= 0.6 is 0 Å². The molecule has 0 aromatic heterocycles. The molecular formula is C14H20FNO2. The number of hydrogen-bond acceptors (Lipinski definition) is 3. The average Bonchev–Trinajstić information content (AvgIpc) is 2.37. The summed E-state index contributed by atoms with van der Waals surface area (Å²) < 4.78 is 18.3. The number of carbonyl (C=O) groups excluding carboxylic acids is 1. The second-order valence-electron chi connectivity index (χ2n) is 4.44. The molecule has 0 saturated heterocycles. The molecule has 0 aliphatic heterocycles. The number of methoxy groups -OCH3 is 1. The van der Waals surface area contributed by atoms with Crippen molar-refractivity contribution in [3.05, 3.63) is 29.6 Å². The predicted molar refractivity (Wildman–Crippen MR) is 69.7 cm³/mol. The van der Waals surface area contributed by atoms with Crippen molar-refractivity contribution in [2.75, 3.05) is 20.7 Å². The van der Waals surface area contributed by atoms with E-state index < -0.39 is 5.82 Å². The molecule has 0 heterocycles. The van der Waals surface area contributed by atoms with Crippen molar-refractivity contribution in [2.45, 2.75) is 26.3 Å². The minimum absolute atomic E-state index is 0.0839. The number of hydrogen-bond donors (Lipinski definition) is 0. The molecule has 1 rings (SSSR count). The maximum atomic E-state index is 13.5. The molecular weight excluding hydrogens is 233 g/mol. The standard InChI is InChI=1S/C14H20FNO2/c1-5-10(2)16(3)9-13(17)11-6-7-14(18-4)12(15)8-11/h6-8,10H,5,9H2,1-4H3. The van der Waals surface area contributed by atoms with E-state index >= 15 is 0 Å². The zero-order valence-electron chi connectivity index (χ0n) is 11.4. The normalized spacial score (nSPS) is 12.6. The first kappa shape index (κ1) is 14.6. The third-order valence-corrected chi connectivity index (χ3v) is 3.21. The number of rotatable bonds is 6. The third-order valence-electron chi connectivity index (χ3n) is 3.21. The number of Topliss-reactive ketones (excluding diaryl/α,β-unsaturated/α-hetero) is 1. The van der Waals surface area contributed by atoms with Gasteiger partial charge in [-0.05, 0) is 38.6 Å². The number of ketones is 1. The molecule has 3 nitrogen and oxygen atoms in total. The minimum atomic E-state index is -0.505. The van der Waals surface area contributed by atoms with E-state index in [9.17, 15) is 9.18 Å². The summed E-state index contributed by atoms with van der Waals surface area (Å²) in [6.07, 6.45) is 0.973. The minimum Gasteiger partial charge on any atom is -0.494 e. The van der Waals surface area contributed by atoms with Crippen LogP contribution in [0.15, 0.2) is 18.2 Å². The number of carbonyl (C=O) groups is 1. The van der Waals surface area contributed by atoms with E-state index in [1.165, 1.54) is 19.2 Å². The third kappa shape index (κ3) is 3.53. The van der Waals surface area contributed by atoms with E-state index in [1.807, 2.05) is 11.9 Å². The number of benzene rings is 1. The molecule has 18 heavy (non-hydrogen) atoms. The van der Waals surface area contributed by atoms with Crippen LogP contribution in [0.4, 0.5) is 4.39 Å². The zero-order valence-corrected chi connectivity index (χ0v) is 11.4. The highest BCUT2D eigenvalue weighted by atomic mass is 19.1. The van der Waals surface area contributed by atoms with Crippen LogP contribution in [0.2, 0.25) is 0 Å². The Balaban J connectivity index is 2.76. The van der Waals surface area contributed by atoms with Gasteiger partial charge in [0.1, 0.15) is 0 Å². The molecule has 0 amide bonds. The number of ether oxygens (including phenoxy) is 1. The van der Waals surface area contributed by atoms with E-state index in [1.54, 1.807) is 6.07 Å². The summed E-state index contributed by atoms with van der Waals surface area (Å²) in [4.78, 5) is 13.9. The molecule has 1 atom stereocenters. The van der Waals surface area contributed by atoms with Crippen molar-refractivity contribution in [1.29, 1.82) is 0 Å². The van der Waals surface area contributed by atoms with Gasteiger partial charge in [-0.15, -0.1) is 0 Å². The molecule has 0 N–H and O–H groups in total. The van der Waals surface area contributed by atoms with Gasteiger partial charge in [0.25, 0.3) is 0 Å². The molecule has 0 saturated carbocycles. The molecule has 0 aliphatic carbocycles. The smallest absolute Gasteiger partial charge is 0.176 e. The van der Waals surface area contributed by atoms with Crippen molar-refractivity contribution in [2.24, 2.45) is 0 Å². The average molecular weight is 253 g/mol. The van der Waals surface area contributed by atoms with Crippen molar-refractivity contribution >= 4 is 5.78 Å². The summed E-state index contributed by atoms with van der Waals surface area (Å²) in [6, 6.07) is 4.63. The Morgan fingerprint density at radius 3 is 2.67 bits per heavy atom. The summed E-state index contributed by atoms with van der Waals surface area (Å²) in [6.45, 7) is 4.42. The summed E-state index contributed by atoms with van der Waals surface area (Å²) in [7, 11) is 3.29. The summed E-state index contributed by atoms with van der Waals surface area (Å²) in [5, 5.41) is 0. The van der Waals surface area contributed by atoms with Gasteiger partial charge in [0.05, 0.1) is 13.7 Å². The van der Waals surface area contributed by atoms with Crippen LogP contribution in [0.25, 0.3) is 0 Å². The van der Waals surface area contributed by atoms with Crippen molar-refractivity contribution in [1.82, 2.24) is 4.90 Å². The Kier molecular flexibility index (Phi) is 5.28. The Morgan fingerprint density at radius 1 is 1.50 bits per heavy atom. The first-order valence-corrected chi connectivity index (χ1v) is 6.06. The van der Waals surface area contributed by atoms with Gasteiger partial charge in [0.2, 0.25) is 0 Å². The van der Waals surface area contributed by atoms with Gasteiger partial charge < -0.3 is 4.74 Å². The van der Waals surface area contributed by atoms with Crippen LogP contribution < -0.4 is 4.74 Å². The largest absolute Gasteiger partial charge is 0.494 e. The van der Waals surface area contributed by atoms with Gasteiger partial charge in [-0.1, -0.05) is 6.92 Å². The summed E-state index contributed by atoms with van der Waals surface area (Å²) in [5.41, 5.74) is 0.378. The Hall–Kier alpha value is -1.42. The highest BCUT2D eigenvalue weighted by Crippen LogP contribution is 2.18. The van der Waals surface area contributed by atoms with Gasteiger partial charge in [-0.2, -0.15) is 0 Å². The Labute approximate surface area is 108 Å². The molecule has 0 bridgehead atoms. The van der Waals surface area contributed by atoms with Crippen LogP contribution in [0.5, 0.6) is 5.75 Å². The second kappa shape index (κ2) is 6.50. The van der Waals surface area contributed by atoms with E-state index in [0.29, 0.717) is 18.2 Å². The maximum absolute atomic E-state index is 13.5. The van der Waals surface area contributed by atoms with Gasteiger partial charge in [-0.3, -0.25) is 9.69 Å². The van der Waals surface area contributed by atoms with E-state index in [4.69, 9.17) is 4.74 Å². The fraction of sp³-hybridized carbons (Fsp3) is 0.500. The topological polar surface area (TPSA) is 29.5 Å². The molecule has 1 unspecified atom stereocenters. The van der Waals surface area contributed by atoms with Crippen LogP contribution in [0, 0.1) is 5.82 Å². The lowest BCUT2D eigenvalue weighted by Gasteiger charge is -2.22. The second-order valence-corrected chi connectivity index (χ2v) is 4.44. The van der Waals surface area contributed by atoms with Gasteiger partial charge in [-0.25, -0.2) is 4.39 Å². The van der Waals surface area contributed by atoms with E-state index in [2.05, 4.69) is 13.8 Å². The van der Waals surface area contributed by atoms with E-state index in [0.717, 1.165) is 6.42 Å². The number of nitrogens with zero attached hydrogens (tertiary/aromatic N) is 1. The van der Waals surface area contributed by atoms with Crippen molar-refractivity contribution in [3.63, 3.8) is 0 Å². The molecule has 0 fully saturated rings. The van der Waals surface area contributed by atoms with Crippen molar-refractivity contribution in [3.8, 4) is 5.75 Å². The lowest BCUT2D eigenvalue weighted by atomic mass is 10.1. The molecule has 0 radical (unpaired) electrons. The highest BCUT2D eigenvalue weighted by molar-refractivity contribution is 5.97. The van der Waals surface area contributed by atoms with E-state index in [-0.39, 0.29) is 11.5 Å². The predicted octanol–water partition coefficient (Wildman–Crippen LogP) is 2.75. The quantitative estimate of drug-likeness (QED) is 0.730. The monoisotopic (exact) mass is 253 g/mol.